The van der Waals surface area contributed by atoms with Gasteiger partial charge in [0.25, 0.3) is 6.01 Å². The number of nitrogens with zero attached hydrogens (tertiary/aromatic N) is 1. The molecule has 2 aromatic rings. The number of aryl methyl sites for hydroxylation is 3. The van der Waals surface area contributed by atoms with E-state index in [-0.39, 0.29) is 0 Å². The molecular formula is C14H18N2O2. The van der Waals surface area contributed by atoms with Gasteiger partial charge in [0.15, 0.2) is 0 Å². The molecule has 0 spiro atoms. The van der Waals surface area contributed by atoms with Gasteiger partial charge in [-0.1, -0.05) is 18.2 Å². The maximum atomic E-state index is 5.60. The number of oxazole rings is 1. The number of aromatic nitrogens is 1. The molecule has 0 unspecified atom stereocenters. The van der Waals surface area contributed by atoms with E-state index in [0.717, 1.165) is 30.0 Å². The smallest absolute Gasteiger partial charge is 0.294 e. The lowest BCUT2D eigenvalue weighted by Crippen LogP contribution is -1.95. The van der Waals surface area contributed by atoms with E-state index in [1.165, 1.54) is 5.56 Å². The van der Waals surface area contributed by atoms with E-state index in [4.69, 9.17) is 9.15 Å². The van der Waals surface area contributed by atoms with Crippen molar-refractivity contribution in [2.45, 2.75) is 19.8 Å². The average Bonchev–Trinajstić information content (AvgIpc) is 2.77. The third kappa shape index (κ3) is 2.64. The first-order chi connectivity index (χ1) is 8.74. The molecular weight excluding hydrogens is 228 g/mol. The maximum Gasteiger partial charge on any atom is 0.294 e. The Kier molecular flexibility index (Phi) is 3.87. The van der Waals surface area contributed by atoms with Crippen LogP contribution in [0.2, 0.25) is 0 Å². The standard InChI is InChI=1S/C14H18N2O2/c1-10-12(18-14(15-2)16-10)9-8-11-6-4-5-7-13(11)17-3/h4-7H,8-9H2,1-3H3,(H,15,16). The predicted molar refractivity (Wildman–Crippen MR) is 71.2 cm³/mol. The van der Waals surface area contributed by atoms with Crippen LogP contribution in [0.15, 0.2) is 28.7 Å². The molecule has 1 aromatic carbocycles. The monoisotopic (exact) mass is 246 g/mol. The fourth-order valence-electron chi connectivity index (χ4n) is 1.92. The number of anilines is 1. The summed E-state index contributed by atoms with van der Waals surface area (Å²) in [7, 11) is 3.49. The Morgan fingerprint density at radius 2 is 2.06 bits per heavy atom. The van der Waals surface area contributed by atoms with Crippen molar-refractivity contribution in [3.05, 3.63) is 41.3 Å². The Hall–Kier alpha value is -1.97. The van der Waals surface area contributed by atoms with Gasteiger partial charge in [0.05, 0.1) is 12.8 Å². The molecule has 96 valence electrons. The van der Waals surface area contributed by atoms with Crippen LogP contribution in [-0.4, -0.2) is 19.1 Å². The Bertz CT molecular complexity index is 520. The topological polar surface area (TPSA) is 47.3 Å². The number of methoxy groups -OCH3 is 1. The second-order valence-electron chi connectivity index (χ2n) is 4.09. The maximum absolute atomic E-state index is 5.60. The number of benzene rings is 1. The molecule has 0 amide bonds. The number of rotatable bonds is 5. The lowest BCUT2D eigenvalue weighted by Gasteiger charge is -2.06. The molecule has 2 rings (SSSR count). The molecule has 0 saturated heterocycles. The molecule has 0 aliphatic carbocycles. The van der Waals surface area contributed by atoms with Crippen LogP contribution in [0.4, 0.5) is 6.01 Å². The summed E-state index contributed by atoms with van der Waals surface area (Å²) in [5.74, 6) is 1.84. The van der Waals surface area contributed by atoms with Gasteiger partial charge < -0.3 is 14.5 Å². The SMILES string of the molecule is CNc1nc(C)c(CCc2ccccc2OC)o1. The molecule has 0 aliphatic rings. The van der Waals surface area contributed by atoms with Gasteiger partial charge in [-0.25, -0.2) is 0 Å². The zero-order chi connectivity index (χ0) is 13.0. The highest BCUT2D eigenvalue weighted by atomic mass is 16.5. The van der Waals surface area contributed by atoms with E-state index < -0.39 is 0 Å². The van der Waals surface area contributed by atoms with E-state index in [2.05, 4.69) is 16.4 Å². The van der Waals surface area contributed by atoms with Crippen LogP contribution in [0.25, 0.3) is 0 Å². The summed E-state index contributed by atoms with van der Waals surface area (Å²) < 4.78 is 10.9. The Labute approximate surface area is 107 Å². The summed E-state index contributed by atoms with van der Waals surface area (Å²) in [6.45, 7) is 1.96. The molecule has 1 aromatic heterocycles. The predicted octanol–water partition coefficient (Wildman–Crippen LogP) is 2.82. The summed E-state index contributed by atoms with van der Waals surface area (Å²) in [5, 5.41) is 2.91. The minimum Gasteiger partial charge on any atom is -0.496 e. The van der Waals surface area contributed by atoms with E-state index in [0.29, 0.717) is 6.01 Å². The van der Waals surface area contributed by atoms with Crippen LogP contribution in [0.5, 0.6) is 5.75 Å². The van der Waals surface area contributed by atoms with Gasteiger partial charge >= 0.3 is 0 Å². The van der Waals surface area contributed by atoms with Crippen LogP contribution in [0.3, 0.4) is 0 Å². The summed E-state index contributed by atoms with van der Waals surface area (Å²) in [6, 6.07) is 8.61. The Balaban J connectivity index is 2.08. The molecule has 1 heterocycles. The van der Waals surface area contributed by atoms with Gasteiger partial charge in [-0.05, 0) is 25.0 Å². The average molecular weight is 246 g/mol. The van der Waals surface area contributed by atoms with Gasteiger partial charge in [0, 0.05) is 13.5 Å². The van der Waals surface area contributed by atoms with Gasteiger partial charge in [-0.2, -0.15) is 4.98 Å². The van der Waals surface area contributed by atoms with Crippen molar-refractivity contribution in [2.24, 2.45) is 0 Å². The molecule has 0 saturated carbocycles. The van der Waals surface area contributed by atoms with Crippen LogP contribution < -0.4 is 10.1 Å². The molecule has 4 nitrogen and oxygen atoms in total. The molecule has 0 bridgehead atoms. The fourth-order valence-corrected chi connectivity index (χ4v) is 1.92. The first-order valence-electron chi connectivity index (χ1n) is 6.00. The molecule has 0 radical (unpaired) electrons. The van der Waals surface area contributed by atoms with Crippen molar-refractivity contribution in [2.75, 3.05) is 19.5 Å². The fraction of sp³-hybridized carbons (Fsp3) is 0.357. The summed E-state index contributed by atoms with van der Waals surface area (Å²) in [6.07, 6.45) is 1.70. The highest BCUT2D eigenvalue weighted by Gasteiger charge is 2.10. The summed E-state index contributed by atoms with van der Waals surface area (Å²) in [4.78, 5) is 4.27. The van der Waals surface area contributed by atoms with Crippen LogP contribution >= 0.6 is 0 Å². The lowest BCUT2D eigenvalue weighted by molar-refractivity contribution is 0.408. The van der Waals surface area contributed by atoms with E-state index in [1.54, 1.807) is 14.2 Å². The highest BCUT2D eigenvalue weighted by Crippen LogP contribution is 2.21. The van der Waals surface area contributed by atoms with Crippen LogP contribution in [-0.2, 0) is 12.8 Å². The molecule has 0 fully saturated rings. The van der Waals surface area contributed by atoms with Crippen molar-refractivity contribution in [1.82, 2.24) is 4.98 Å². The zero-order valence-electron chi connectivity index (χ0n) is 11.0. The number of para-hydroxylation sites is 1. The largest absolute Gasteiger partial charge is 0.496 e. The van der Waals surface area contributed by atoms with Crippen LogP contribution in [0, 0.1) is 6.92 Å². The van der Waals surface area contributed by atoms with E-state index in [1.807, 2.05) is 25.1 Å². The van der Waals surface area contributed by atoms with Crippen molar-refractivity contribution in [3.8, 4) is 5.75 Å². The van der Waals surface area contributed by atoms with Crippen molar-refractivity contribution < 1.29 is 9.15 Å². The number of nitrogens with one attached hydrogen (secondary N) is 1. The van der Waals surface area contributed by atoms with Crippen molar-refractivity contribution in [1.29, 1.82) is 0 Å². The Morgan fingerprint density at radius 1 is 1.28 bits per heavy atom. The first-order valence-corrected chi connectivity index (χ1v) is 6.00. The van der Waals surface area contributed by atoms with Gasteiger partial charge in [-0.15, -0.1) is 0 Å². The molecule has 0 aliphatic heterocycles. The quantitative estimate of drug-likeness (QED) is 0.881. The molecule has 0 atom stereocenters. The zero-order valence-corrected chi connectivity index (χ0v) is 11.0. The second-order valence-corrected chi connectivity index (χ2v) is 4.09. The van der Waals surface area contributed by atoms with Crippen molar-refractivity contribution in [3.63, 3.8) is 0 Å². The lowest BCUT2D eigenvalue weighted by atomic mass is 10.1. The molecule has 18 heavy (non-hydrogen) atoms. The third-order valence-corrected chi connectivity index (χ3v) is 2.92. The highest BCUT2D eigenvalue weighted by molar-refractivity contribution is 5.34. The number of hydrogen-bond acceptors (Lipinski definition) is 4. The number of hydrogen-bond donors (Lipinski definition) is 1. The molecule has 1 N–H and O–H groups in total. The number of ether oxygens (including phenoxy) is 1. The first kappa shape index (κ1) is 12.5. The Morgan fingerprint density at radius 3 is 2.72 bits per heavy atom. The van der Waals surface area contributed by atoms with Gasteiger partial charge in [-0.3, -0.25) is 0 Å². The minimum atomic E-state index is 0.572. The van der Waals surface area contributed by atoms with Crippen LogP contribution in [0.1, 0.15) is 17.0 Å². The minimum absolute atomic E-state index is 0.572. The molecule has 4 heteroatoms. The third-order valence-electron chi connectivity index (χ3n) is 2.92. The summed E-state index contributed by atoms with van der Waals surface area (Å²) >= 11 is 0. The van der Waals surface area contributed by atoms with Crippen molar-refractivity contribution >= 4 is 6.01 Å². The van der Waals surface area contributed by atoms with E-state index in [9.17, 15) is 0 Å². The van der Waals surface area contributed by atoms with Gasteiger partial charge in [0.1, 0.15) is 11.5 Å². The van der Waals surface area contributed by atoms with E-state index >= 15 is 0 Å². The normalized spacial score (nSPS) is 10.4. The second kappa shape index (κ2) is 5.58. The van der Waals surface area contributed by atoms with Gasteiger partial charge in [0.2, 0.25) is 0 Å². The summed E-state index contributed by atoms with van der Waals surface area (Å²) in [5.41, 5.74) is 2.12.